The van der Waals surface area contributed by atoms with E-state index in [2.05, 4.69) is 4.74 Å². The van der Waals surface area contributed by atoms with Gasteiger partial charge >= 0.3 is 5.97 Å². The molecule has 0 aliphatic carbocycles. The van der Waals surface area contributed by atoms with Crippen LogP contribution in [0, 0.1) is 11.3 Å². The summed E-state index contributed by atoms with van der Waals surface area (Å²) in [5.41, 5.74) is -0.381. The van der Waals surface area contributed by atoms with Crippen LogP contribution in [-0.2, 0) is 14.3 Å². The van der Waals surface area contributed by atoms with E-state index in [0.29, 0.717) is 0 Å². The highest BCUT2D eigenvalue weighted by Gasteiger charge is 2.30. The SMILES string of the molecule is CCC[C@H](CC(=O)OC)C(=O)C(C)(C)C. The Bertz CT molecular complexity index is 226. The van der Waals surface area contributed by atoms with Gasteiger partial charge < -0.3 is 4.74 Å². The van der Waals surface area contributed by atoms with Crippen molar-refractivity contribution in [2.45, 2.75) is 47.0 Å². The smallest absolute Gasteiger partial charge is 0.306 e. The topological polar surface area (TPSA) is 43.4 Å². The minimum Gasteiger partial charge on any atom is -0.469 e. The highest BCUT2D eigenvalue weighted by atomic mass is 16.5. The van der Waals surface area contributed by atoms with Gasteiger partial charge in [-0.3, -0.25) is 9.59 Å². The molecule has 1 atom stereocenters. The minimum absolute atomic E-state index is 0.148. The lowest BCUT2D eigenvalue weighted by Gasteiger charge is -2.23. The van der Waals surface area contributed by atoms with Crippen LogP contribution in [0.4, 0.5) is 0 Å². The second kappa shape index (κ2) is 5.89. The van der Waals surface area contributed by atoms with Gasteiger partial charge in [-0.15, -0.1) is 0 Å². The monoisotopic (exact) mass is 214 g/mol. The number of carbonyl (C=O) groups is 2. The first-order valence-electron chi connectivity index (χ1n) is 5.44. The second-order valence-electron chi connectivity index (χ2n) is 4.88. The van der Waals surface area contributed by atoms with Gasteiger partial charge in [0.1, 0.15) is 5.78 Å². The summed E-state index contributed by atoms with van der Waals surface area (Å²) in [6.07, 6.45) is 1.87. The quantitative estimate of drug-likeness (QED) is 0.661. The minimum atomic E-state index is -0.381. The number of ether oxygens (including phenoxy) is 1. The van der Waals surface area contributed by atoms with Gasteiger partial charge in [0.25, 0.3) is 0 Å². The molecule has 0 saturated carbocycles. The Morgan fingerprint density at radius 1 is 1.27 bits per heavy atom. The van der Waals surface area contributed by atoms with Crippen molar-refractivity contribution < 1.29 is 14.3 Å². The summed E-state index contributed by atoms with van der Waals surface area (Å²) in [6.45, 7) is 7.67. The molecule has 0 aromatic carbocycles. The molecule has 0 aliphatic rings. The third kappa shape index (κ3) is 4.96. The van der Waals surface area contributed by atoms with Crippen molar-refractivity contribution in [2.24, 2.45) is 11.3 Å². The Balaban J connectivity index is 4.52. The molecule has 15 heavy (non-hydrogen) atoms. The molecular formula is C12H22O3. The molecule has 3 heteroatoms. The van der Waals surface area contributed by atoms with Gasteiger partial charge in [-0.2, -0.15) is 0 Å². The predicted molar refractivity (Wildman–Crippen MR) is 59.5 cm³/mol. The molecule has 0 saturated heterocycles. The number of esters is 1. The molecule has 0 aliphatic heterocycles. The van der Waals surface area contributed by atoms with E-state index in [0.717, 1.165) is 12.8 Å². The number of ketones is 1. The summed E-state index contributed by atoms with van der Waals surface area (Å²) in [5, 5.41) is 0. The van der Waals surface area contributed by atoms with E-state index in [4.69, 9.17) is 0 Å². The molecule has 0 rings (SSSR count). The fourth-order valence-electron chi connectivity index (χ4n) is 1.57. The molecule has 88 valence electrons. The Labute approximate surface area is 92.2 Å². The van der Waals surface area contributed by atoms with Crippen molar-refractivity contribution >= 4 is 11.8 Å². The van der Waals surface area contributed by atoms with Crippen LogP contribution in [0.2, 0.25) is 0 Å². The molecule has 3 nitrogen and oxygen atoms in total. The molecular weight excluding hydrogens is 192 g/mol. The van der Waals surface area contributed by atoms with E-state index in [1.807, 2.05) is 27.7 Å². The van der Waals surface area contributed by atoms with Gasteiger partial charge in [-0.1, -0.05) is 34.1 Å². The van der Waals surface area contributed by atoms with E-state index in [-0.39, 0.29) is 29.5 Å². The fraction of sp³-hybridized carbons (Fsp3) is 0.833. The first kappa shape index (κ1) is 14.1. The largest absolute Gasteiger partial charge is 0.469 e. The zero-order valence-corrected chi connectivity index (χ0v) is 10.4. The summed E-state index contributed by atoms with van der Waals surface area (Å²) < 4.78 is 4.60. The van der Waals surface area contributed by atoms with Crippen molar-refractivity contribution in [1.29, 1.82) is 0 Å². The lowest BCUT2D eigenvalue weighted by molar-refractivity contribution is -0.145. The third-order valence-electron chi connectivity index (χ3n) is 2.39. The van der Waals surface area contributed by atoms with Gasteiger partial charge in [0, 0.05) is 11.3 Å². The van der Waals surface area contributed by atoms with E-state index < -0.39 is 0 Å². The summed E-state index contributed by atoms with van der Waals surface area (Å²) in [4.78, 5) is 23.2. The Morgan fingerprint density at radius 3 is 2.13 bits per heavy atom. The van der Waals surface area contributed by atoms with Crippen molar-refractivity contribution in [2.75, 3.05) is 7.11 Å². The number of carbonyl (C=O) groups excluding carboxylic acids is 2. The summed E-state index contributed by atoms with van der Waals surface area (Å²) in [5.74, 6) is -0.344. The van der Waals surface area contributed by atoms with Crippen LogP contribution in [0.25, 0.3) is 0 Å². The Hall–Kier alpha value is -0.860. The normalized spacial score (nSPS) is 13.4. The van der Waals surface area contributed by atoms with Crippen molar-refractivity contribution in [3.05, 3.63) is 0 Å². The van der Waals surface area contributed by atoms with Crippen LogP contribution in [0.5, 0.6) is 0 Å². The highest BCUT2D eigenvalue weighted by Crippen LogP contribution is 2.25. The number of hydrogen-bond acceptors (Lipinski definition) is 3. The molecule has 0 radical (unpaired) electrons. The average molecular weight is 214 g/mol. The average Bonchev–Trinajstić information content (AvgIpc) is 2.14. The van der Waals surface area contributed by atoms with Gasteiger partial charge in [0.2, 0.25) is 0 Å². The van der Waals surface area contributed by atoms with Crippen molar-refractivity contribution in [1.82, 2.24) is 0 Å². The number of Topliss-reactive ketones (excluding diaryl/α,β-unsaturated/α-hetero) is 1. The predicted octanol–water partition coefficient (Wildman–Crippen LogP) is 2.58. The van der Waals surface area contributed by atoms with Crippen molar-refractivity contribution in [3.8, 4) is 0 Å². The van der Waals surface area contributed by atoms with Crippen LogP contribution in [-0.4, -0.2) is 18.9 Å². The molecule has 0 unspecified atom stereocenters. The van der Waals surface area contributed by atoms with Gasteiger partial charge in [-0.25, -0.2) is 0 Å². The molecule has 0 amide bonds. The first-order chi connectivity index (χ1) is 6.82. The molecule has 0 bridgehead atoms. The molecule has 0 N–H and O–H groups in total. The molecule has 0 spiro atoms. The van der Waals surface area contributed by atoms with Crippen LogP contribution < -0.4 is 0 Å². The van der Waals surface area contributed by atoms with E-state index in [1.54, 1.807) is 0 Å². The highest BCUT2D eigenvalue weighted by molar-refractivity contribution is 5.89. The summed E-state index contributed by atoms with van der Waals surface area (Å²) >= 11 is 0. The zero-order valence-electron chi connectivity index (χ0n) is 10.4. The zero-order chi connectivity index (χ0) is 12.1. The molecule has 0 heterocycles. The third-order valence-corrected chi connectivity index (χ3v) is 2.39. The molecule has 0 aromatic rings. The standard InChI is InChI=1S/C12H22O3/c1-6-7-9(8-10(13)15-5)11(14)12(2,3)4/h9H,6-8H2,1-5H3/t9-/m1/s1. The maximum atomic E-state index is 12.0. The Kier molecular flexibility index (Phi) is 5.55. The molecule has 0 fully saturated rings. The van der Waals surface area contributed by atoms with Crippen LogP contribution in [0.3, 0.4) is 0 Å². The van der Waals surface area contributed by atoms with Crippen LogP contribution in [0.1, 0.15) is 47.0 Å². The summed E-state index contributed by atoms with van der Waals surface area (Å²) in [6, 6.07) is 0. The second-order valence-corrected chi connectivity index (χ2v) is 4.88. The van der Waals surface area contributed by atoms with E-state index in [9.17, 15) is 9.59 Å². The lowest BCUT2D eigenvalue weighted by Crippen LogP contribution is -2.30. The molecule has 0 aromatic heterocycles. The Morgan fingerprint density at radius 2 is 1.80 bits per heavy atom. The number of hydrogen-bond donors (Lipinski definition) is 0. The maximum absolute atomic E-state index is 12.0. The van der Waals surface area contributed by atoms with Gasteiger partial charge in [0.05, 0.1) is 13.5 Å². The summed E-state index contributed by atoms with van der Waals surface area (Å²) in [7, 11) is 1.35. The van der Waals surface area contributed by atoms with Crippen LogP contribution in [0.15, 0.2) is 0 Å². The number of rotatable bonds is 5. The van der Waals surface area contributed by atoms with Gasteiger partial charge in [-0.05, 0) is 6.42 Å². The maximum Gasteiger partial charge on any atom is 0.306 e. The van der Waals surface area contributed by atoms with Crippen molar-refractivity contribution in [3.63, 3.8) is 0 Å². The van der Waals surface area contributed by atoms with E-state index >= 15 is 0 Å². The lowest BCUT2D eigenvalue weighted by atomic mass is 9.80. The van der Waals surface area contributed by atoms with E-state index in [1.165, 1.54) is 7.11 Å². The fourth-order valence-corrected chi connectivity index (χ4v) is 1.57. The van der Waals surface area contributed by atoms with Gasteiger partial charge in [0.15, 0.2) is 0 Å². The number of methoxy groups -OCH3 is 1. The van der Waals surface area contributed by atoms with Crippen LogP contribution >= 0.6 is 0 Å². The first-order valence-corrected chi connectivity index (χ1v) is 5.44.